The molecule has 1 atom stereocenters. The fourth-order valence-electron chi connectivity index (χ4n) is 5.55. The molecule has 0 unspecified atom stereocenters. The molecule has 10 heteroatoms. The van der Waals surface area contributed by atoms with Crippen LogP contribution in [0.4, 0.5) is 5.82 Å². The summed E-state index contributed by atoms with van der Waals surface area (Å²) in [4.78, 5) is 43.5. The molecule has 2 aromatic carbocycles. The first-order valence-corrected chi connectivity index (χ1v) is 15.2. The molecule has 0 aliphatic heterocycles. The summed E-state index contributed by atoms with van der Waals surface area (Å²) in [6.07, 6.45) is 10.7. The maximum atomic E-state index is 13.2. The maximum Gasteiger partial charge on any atom is 0.256 e. The van der Waals surface area contributed by atoms with Crippen LogP contribution < -0.4 is 21.7 Å². The molecule has 2 aromatic heterocycles. The molecule has 5 N–H and O–H groups in total. The van der Waals surface area contributed by atoms with E-state index in [1.54, 1.807) is 30.5 Å². The number of para-hydroxylation sites is 1. The monoisotopic (exact) mass is 593 g/mol. The largest absolute Gasteiger partial charge is 0.383 e. The van der Waals surface area contributed by atoms with Crippen LogP contribution in [-0.2, 0) is 17.9 Å². The summed E-state index contributed by atoms with van der Waals surface area (Å²) in [5.74, 6) is -0.0339. The molecule has 228 valence electrons. The number of amides is 3. The molecule has 1 fully saturated rings. The summed E-state index contributed by atoms with van der Waals surface area (Å²) >= 11 is 0. The maximum absolute atomic E-state index is 13.2. The van der Waals surface area contributed by atoms with Crippen LogP contribution in [0.3, 0.4) is 0 Å². The molecular weight excluding hydrogens is 554 g/mol. The Kier molecular flexibility index (Phi) is 10.4. The number of nitrogens with one attached hydrogen (secondary N) is 3. The van der Waals surface area contributed by atoms with E-state index < -0.39 is 6.04 Å². The predicted octanol–water partition coefficient (Wildman–Crippen LogP) is 4.55. The molecule has 5 rings (SSSR count). The number of hydrogen-bond donors (Lipinski definition) is 4. The lowest BCUT2D eigenvalue weighted by Gasteiger charge is -2.24. The number of carbonyl (C=O) groups is 3. The zero-order valence-electron chi connectivity index (χ0n) is 24.7. The van der Waals surface area contributed by atoms with Crippen molar-refractivity contribution in [1.29, 1.82) is 0 Å². The van der Waals surface area contributed by atoms with Crippen LogP contribution >= 0.6 is 0 Å². The average Bonchev–Trinajstić information content (AvgIpc) is 3.47. The fraction of sp³-hybridized carbons (Fsp3) is 0.324. The van der Waals surface area contributed by atoms with Crippen molar-refractivity contribution >= 4 is 23.5 Å². The van der Waals surface area contributed by atoms with Crippen molar-refractivity contribution in [3.05, 3.63) is 108 Å². The molecule has 1 aliphatic carbocycles. The molecule has 0 radical (unpaired) electrons. The van der Waals surface area contributed by atoms with Crippen molar-refractivity contribution in [2.24, 2.45) is 5.92 Å². The summed E-state index contributed by atoms with van der Waals surface area (Å²) in [5.41, 5.74) is 9.25. The van der Waals surface area contributed by atoms with E-state index in [9.17, 15) is 14.4 Å². The van der Waals surface area contributed by atoms with E-state index in [1.165, 1.54) is 43.0 Å². The summed E-state index contributed by atoms with van der Waals surface area (Å²) in [6.45, 7) is 0.547. The number of nitrogen functional groups attached to an aromatic ring is 1. The first-order chi connectivity index (χ1) is 21.5. The highest BCUT2D eigenvalue weighted by atomic mass is 16.2. The normalized spacial score (nSPS) is 14.0. The molecule has 44 heavy (non-hydrogen) atoms. The van der Waals surface area contributed by atoms with Gasteiger partial charge in [0.05, 0.1) is 24.1 Å². The van der Waals surface area contributed by atoms with Gasteiger partial charge in [0.15, 0.2) is 0 Å². The Morgan fingerprint density at radius 3 is 2.34 bits per heavy atom. The molecule has 0 bridgehead atoms. The SMILES string of the molecule is Nc1c(C(=O)NCc2ccc(C(=O)N[C@@H](CCC3CCCCC3)C(=O)NCc3ccccn3)cc2)cnn1-c1ccccc1. The second kappa shape index (κ2) is 15.0. The number of anilines is 1. The van der Waals surface area contributed by atoms with E-state index in [0.29, 0.717) is 24.4 Å². The van der Waals surface area contributed by atoms with Gasteiger partial charge in [-0.3, -0.25) is 19.4 Å². The summed E-state index contributed by atoms with van der Waals surface area (Å²) in [7, 11) is 0. The van der Waals surface area contributed by atoms with Crippen LogP contribution in [0.2, 0.25) is 0 Å². The zero-order valence-corrected chi connectivity index (χ0v) is 24.7. The van der Waals surface area contributed by atoms with Gasteiger partial charge in [-0.25, -0.2) is 4.68 Å². The molecule has 0 saturated heterocycles. The number of aromatic nitrogens is 3. The van der Waals surface area contributed by atoms with Gasteiger partial charge in [0, 0.05) is 18.3 Å². The van der Waals surface area contributed by atoms with E-state index in [4.69, 9.17) is 5.73 Å². The Balaban J connectivity index is 1.17. The van der Waals surface area contributed by atoms with Gasteiger partial charge < -0.3 is 21.7 Å². The van der Waals surface area contributed by atoms with Gasteiger partial charge in [0.1, 0.15) is 17.4 Å². The van der Waals surface area contributed by atoms with Crippen molar-refractivity contribution in [2.75, 3.05) is 5.73 Å². The standard InChI is InChI=1S/C34H39N7O3/c35-31-29(23-39-41(31)28-12-5-2-6-13-28)33(43)37-21-25-14-17-26(18-15-25)32(42)40-30(19-16-24-9-3-1-4-10-24)34(44)38-22-27-11-7-8-20-36-27/h2,5-8,11-15,17-18,20,23-24,30H,1,3-4,9-10,16,19,21-22,35H2,(H,37,43)(H,38,44)(H,40,42)/t30-/m0/s1. The highest BCUT2D eigenvalue weighted by Gasteiger charge is 2.24. The smallest absolute Gasteiger partial charge is 0.256 e. The van der Waals surface area contributed by atoms with Gasteiger partial charge in [0.25, 0.3) is 11.8 Å². The first kappa shape index (κ1) is 30.5. The average molecular weight is 594 g/mol. The van der Waals surface area contributed by atoms with Crippen LogP contribution in [0.25, 0.3) is 5.69 Å². The van der Waals surface area contributed by atoms with Gasteiger partial charge in [0.2, 0.25) is 5.91 Å². The van der Waals surface area contributed by atoms with E-state index in [0.717, 1.165) is 23.4 Å². The van der Waals surface area contributed by atoms with Crippen LogP contribution in [0.1, 0.15) is 76.9 Å². The van der Waals surface area contributed by atoms with Gasteiger partial charge in [-0.05, 0) is 60.7 Å². The Morgan fingerprint density at radius 1 is 0.864 bits per heavy atom. The Bertz CT molecular complexity index is 1530. The van der Waals surface area contributed by atoms with Crippen molar-refractivity contribution < 1.29 is 14.4 Å². The lowest BCUT2D eigenvalue weighted by molar-refractivity contribution is -0.123. The summed E-state index contributed by atoms with van der Waals surface area (Å²) in [5, 5.41) is 13.0. The van der Waals surface area contributed by atoms with E-state index >= 15 is 0 Å². The number of nitrogens with two attached hydrogens (primary N) is 1. The molecule has 0 spiro atoms. The van der Waals surface area contributed by atoms with Crippen molar-refractivity contribution in [3.63, 3.8) is 0 Å². The molecular formula is C34H39N7O3. The van der Waals surface area contributed by atoms with Crippen molar-refractivity contribution in [1.82, 2.24) is 30.7 Å². The number of pyridine rings is 1. The van der Waals surface area contributed by atoms with Gasteiger partial charge in [-0.1, -0.05) is 68.5 Å². The number of rotatable bonds is 12. The third kappa shape index (κ3) is 8.09. The van der Waals surface area contributed by atoms with Crippen molar-refractivity contribution in [3.8, 4) is 5.69 Å². The topological polar surface area (TPSA) is 144 Å². The van der Waals surface area contributed by atoms with Crippen LogP contribution in [0.5, 0.6) is 0 Å². The van der Waals surface area contributed by atoms with Crippen molar-refractivity contribution in [2.45, 2.75) is 64.1 Å². The minimum atomic E-state index is -0.644. The second-order valence-corrected chi connectivity index (χ2v) is 11.2. The molecule has 3 amide bonds. The molecule has 10 nitrogen and oxygen atoms in total. The van der Waals surface area contributed by atoms with Crippen LogP contribution in [0, 0.1) is 5.92 Å². The first-order valence-electron chi connectivity index (χ1n) is 15.2. The fourth-order valence-corrected chi connectivity index (χ4v) is 5.55. The highest BCUT2D eigenvalue weighted by molar-refractivity contribution is 5.99. The lowest BCUT2D eigenvalue weighted by Crippen LogP contribution is -2.46. The Morgan fingerprint density at radius 2 is 1.61 bits per heavy atom. The Labute approximate surface area is 257 Å². The molecule has 1 saturated carbocycles. The van der Waals surface area contributed by atoms with Crippen LogP contribution in [-0.4, -0.2) is 38.5 Å². The van der Waals surface area contributed by atoms with E-state index in [2.05, 4.69) is 26.0 Å². The molecule has 2 heterocycles. The second-order valence-electron chi connectivity index (χ2n) is 11.2. The number of nitrogens with zero attached hydrogens (tertiary/aromatic N) is 3. The lowest BCUT2D eigenvalue weighted by atomic mass is 9.85. The minimum Gasteiger partial charge on any atom is -0.383 e. The predicted molar refractivity (Wildman–Crippen MR) is 169 cm³/mol. The number of carbonyl (C=O) groups excluding carboxylic acids is 3. The summed E-state index contributed by atoms with van der Waals surface area (Å²) in [6, 6.07) is 21.2. The van der Waals surface area contributed by atoms with Crippen LogP contribution in [0.15, 0.2) is 85.2 Å². The quantitative estimate of drug-likeness (QED) is 0.190. The van der Waals surface area contributed by atoms with Gasteiger partial charge in [-0.15, -0.1) is 0 Å². The number of hydrogen-bond acceptors (Lipinski definition) is 6. The van der Waals surface area contributed by atoms with Gasteiger partial charge >= 0.3 is 0 Å². The van der Waals surface area contributed by atoms with E-state index in [-0.39, 0.29) is 35.6 Å². The third-order valence-corrected chi connectivity index (χ3v) is 8.10. The zero-order chi connectivity index (χ0) is 30.7. The van der Waals surface area contributed by atoms with E-state index in [1.807, 2.05) is 48.5 Å². The summed E-state index contributed by atoms with van der Waals surface area (Å²) < 4.78 is 1.52. The number of benzene rings is 2. The third-order valence-electron chi connectivity index (χ3n) is 8.10. The highest BCUT2D eigenvalue weighted by Crippen LogP contribution is 2.28. The Hall–Kier alpha value is -4.99. The van der Waals surface area contributed by atoms with Gasteiger partial charge in [-0.2, -0.15) is 5.10 Å². The minimum absolute atomic E-state index is 0.214. The molecule has 1 aliphatic rings. The molecule has 4 aromatic rings.